The summed E-state index contributed by atoms with van der Waals surface area (Å²) in [6.45, 7) is 13.1. The van der Waals surface area contributed by atoms with Crippen LogP contribution in [-0.4, -0.2) is 49.5 Å². The van der Waals surface area contributed by atoms with E-state index in [1.54, 1.807) is 13.8 Å². The largest absolute Gasteiger partial charge is 2.00 e. The molecule has 0 aromatic rings. The monoisotopic (exact) mass is 170 g/mol. The SMILES string of the molecule is C1COCCO1.[CH2-]C.[CH2-]C.[Mg+2]. The third kappa shape index (κ3) is 18.0. The topological polar surface area (TPSA) is 18.5 Å². The molecule has 0 saturated carbocycles. The minimum Gasteiger partial charge on any atom is -0.377 e. The summed E-state index contributed by atoms with van der Waals surface area (Å²) in [7, 11) is 0. The number of hydrogen-bond acceptors (Lipinski definition) is 2. The Kier molecular flexibility index (Phi) is 36.1. The van der Waals surface area contributed by atoms with Crippen LogP contribution >= 0.6 is 0 Å². The van der Waals surface area contributed by atoms with Gasteiger partial charge in [-0.2, -0.15) is 13.8 Å². The molecule has 0 N–H and O–H groups in total. The zero-order valence-corrected chi connectivity index (χ0v) is 9.18. The van der Waals surface area contributed by atoms with Gasteiger partial charge in [0.05, 0.1) is 26.4 Å². The summed E-state index contributed by atoms with van der Waals surface area (Å²) in [5.41, 5.74) is 0. The van der Waals surface area contributed by atoms with E-state index in [9.17, 15) is 0 Å². The molecule has 0 amide bonds. The van der Waals surface area contributed by atoms with Crippen LogP contribution in [0.15, 0.2) is 0 Å². The second-order valence-corrected chi connectivity index (χ2v) is 1.22. The molecule has 1 heterocycles. The van der Waals surface area contributed by atoms with Gasteiger partial charge in [-0.25, -0.2) is 0 Å². The third-order valence-electron chi connectivity index (χ3n) is 0.744. The van der Waals surface area contributed by atoms with E-state index >= 15 is 0 Å². The fourth-order valence-corrected chi connectivity index (χ4v) is 0.440. The van der Waals surface area contributed by atoms with Crippen molar-refractivity contribution in [2.75, 3.05) is 26.4 Å². The van der Waals surface area contributed by atoms with Gasteiger partial charge in [-0.3, -0.25) is 0 Å². The van der Waals surface area contributed by atoms with Crippen molar-refractivity contribution >= 4 is 23.1 Å². The Balaban J connectivity index is -0.000000114. The van der Waals surface area contributed by atoms with E-state index in [1.165, 1.54) is 0 Å². The van der Waals surface area contributed by atoms with Crippen LogP contribution in [0.5, 0.6) is 0 Å². The Hall–Kier alpha value is 0.686. The normalized spacial score (nSPS) is 14.2. The van der Waals surface area contributed by atoms with Crippen molar-refractivity contribution < 1.29 is 9.47 Å². The van der Waals surface area contributed by atoms with Gasteiger partial charge in [0.25, 0.3) is 0 Å². The smallest absolute Gasteiger partial charge is 0.377 e. The molecule has 0 aromatic heterocycles. The minimum atomic E-state index is 0. The van der Waals surface area contributed by atoms with Gasteiger partial charge in [0, 0.05) is 0 Å². The van der Waals surface area contributed by atoms with E-state index in [0.29, 0.717) is 0 Å². The quantitative estimate of drug-likeness (QED) is 0.403. The van der Waals surface area contributed by atoms with Gasteiger partial charge in [-0.1, -0.05) is 0 Å². The maximum absolute atomic E-state index is 4.94. The zero-order valence-electron chi connectivity index (χ0n) is 7.77. The maximum Gasteiger partial charge on any atom is 2.00 e. The van der Waals surface area contributed by atoms with Crippen molar-refractivity contribution in [3.8, 4) is 0 Å². The van der Waals surface area contributed by atoms with Crippen molar-refractivity contribution in [3.05, 3.63) is 13.8 Å². The first kappa shape index (κ1) is 17.7. The maximum atomic E-state index is 4.94. The van der Waals surface area contributed by atoms with Crippen LogP contribution in [0.1, 0.15) is 13.8 Å². The van der Waals surface area contributed by atoms with Gasteiger partial charge in [-0.05, 0) is 0 Å². The molecule has 0 bridgehead atoms. The fourth-order valence-electron chi connectivity index (χ4n) is 0.440. The van der Waals surface area contributed by atoms with Crippen LogP contribution in [0.3, 0.4) is 0 Å². The van der Waals surface area contributed by atoms with Crippen LogP contribution in [-0.2, 0) is 9.47 Å². The molecular formula is C8H18MgO2. The van der Waals surface area contributed by atoms with Gasteiger partial charge in [0.1, 0.15) is 0 Å². The molecule has 64 valence electrons. The Morgan fingerprint density at radius 3 is 1.00 bits per heavy atom. The molecule has 0 aliphatic carbocycles. The molecule has 1 aliphatic rings. The summed E-state index contributed by atoms with van der Waals surface area (Å²) in [5, 5.41) is 0. The van der Waals surface area contributed by atoms with E-state index in [2.05, 4.69) is 13.8 Å². The molecule has 2 nitrogen and oxygen atoms in total. The second-order valence-electron chi connectivity index (χ2n) is 1.22. The van der Waals surface area contributed by atoms with Crippen molar-refractivity contribution in [2.45, 2.75) is 13.8 Å². The molecule has 0 spiro atoms. The molecule has 3 heteroatoms. The second kappa shape index (κ2) is 22.4. The van der Waals surface area contributed by atoms with Gasteiger partial charge in [0.15, 0.2) is 0 Å². The van der Waals surface area contributed by atoms with E-state index < -0.39 is 0 Å². The van der Waals surface area contributed by atoms with E-state index in [4.69, 9.17) is 9.47 Å². The predicted molar refractivity (Wildman–Crippen MR) is 49.5 cm³/mol. The molecule has 11 heavy (non-hydrogen) atoms. The number of hydrogen-bond donors (Lipinski definition) is 0. The Morgan fingerprint density at radius 2 is 0.909 bits per heavy atom. The molecule has 1 aliphatic heterocycles. The van der Waals surface area contributed by atoms with Crippen LogP contribution in [0.2, 0.25) is 0 Å². The average Bonchev–Trinajstić information content (AvgIpc) is 2.14. The van der Waals surface area contributed by atoms with Crippen LogP contribution < -0.4 is 0 Å². The van der Waals surface area contributed by atoms with Gasteiger partial charge in [0.2, 0.25) is 0 Å². The molecule has 0 atom stereocenters. The number of rotatable bonds is 0. The summed E-state index contributed by atoms with van der Waals surface area (Å²) >= 11 is 0. The first-order valence-electron chi connectivity index (χ1n) is 3.57. The van der Waals surface area contributed by atoms with E-state index in [-0.39, 0.29) is 23.1 Å². The Labute approximate surface area is 86.8 Å². The minimum absolute atomic E-state index is 0. The number of ether oxygens (including phenoxy) is 2. The molecule has 0 aromatic carbocycles. The Bertz CT molecular complexity index is 27.6. The third-order valence-corrected chi connectivity index (χ3v) is 0.744. The van der Waals surface area contributed by atoms with Gasteiger partial charge < -0.3 is 23.3 Å². The van der Waals surface area contributed by atoms with Crippen LogP contribution in [0.25, 0.3) is 0 Å². The first-order chi connectivity index (χ1) is 5.00. The average molecular weight is 171 g/mol. The summed E-state index contributed by atoms with van der Waals surface area (Å²) in [4.78, 5) is 0. The molecule has 0 unspecified atom stereocenters. The van der Waals surface area contributed by atoms with Crippen LogP contribution in [0.4, 0.5) is 0 Å². The van der Waals surface area contributed by atoms with Crippen molar-refractivity contribution in [1.29, 1.82) is 0 Å². The molecule has 1 rings (SSSR count). The summed E-state index contributed by atoms with van der Waals surface area (Å²) < 4.78 is 9.89. The predicted octanol–water partition coefficient (Wildman–Crippen LogP) is 1.33. The zero-order chi connectivity index (χ0) is 8.24. The molecular weight excluding hydrogens is 152 g/mol. The first-order valence-corrected chi connectivity index (χ1v) is 3.57. The van der Waals surface area contributed by atoms with E-state index in [0.717, 1.165) is 26.4 Å². The fraction of sp³-hybridized carbons (Fsp3) is 0.750. The molecule has 0 radical (unpaired) electrons. The van der Waals surface area contributed by atoms with Gasteiger partial charge in [-0.15, -0.1) is 0 Å². The van der Waals surface area contributed by atoms with Crippen molar-refractivity contribution in [2.24, 2.45) is 0 Å². The van der Waals surface area contributed by atoms with Crippen molar-refractivity contribution in [3.63, 3.8) is 0 Å². The molecule has 1 fully saturated rings. The van der Waals surface area contributed by atoms with Gasteiger partial charge >= 0.3 is 23.1 Å². The van der Waals surface area contributed by atoms with E-state index in [1.807, 2.05) is 0 Å². The summed E-state index contributed by atoms with van der Waals surface area (Å²) in [6, 6.07) is 0. The van der Waals surface area contributed by atoms with Crippen LogP contribution in [0, 0.1) is 13.8 Å². The Morgan fingerprint density at radius 1 is 0.727 bits per heavy atom. The summed E-state index contributed by atoms with van der Waals surface area (Å²) in [5.74, 6) is 0. The summed E-state index contributed by atoms with van der Waals surface area (Å²) in [6.07, 6.45) is 0. The van der Waals surface area contributed by atoms with Crippen molar-refractivity contribution in [1.82, 2.24) is 0 Å². The standard InChI is InChI=1S/C4H8O2.2C2H5.Mg/c1-2-6-4-3-5-1;2*1-2;/h1-4H2;2*1H2,2H3;/q;2*-1;+2. The molecule has 1 saturated heterocycles.